The molecule has 0 bridgehead atoms. The van der Waals surface area contributed by atoms with Gasteiger partial charge in [0.15, 0.2) is 0 Å². The SMILES string of the molecule is CCN(Cc1cccc(NC(=O)c2cc([N+](=O)[O-])ccc2OC)c1)C(C)=O. The number of amides is 2. The predicted octanol–water partition coefficient (Wildman–Crippen LogP) is 3.22. The van der Waals surface area contributed by atoms with Crippen molar-refractivity contribution in [1.82, 2.24) is 4.90 Å². The molecule has 0 spiro atoms. The van der Waals surface area contributed by atoms with Crippen molar-refractivity contribution < 1.29 is 19.2 Å². The Balaban J connectivity index is 2.23. The standard InChI is InChI=1S/C19H21N3O5/c1-4-21(13(2)23)12-14-6-5-7-15(10-14)20-19(24)17-11-16(22(25)26)8-9-18(17)27-3/h5-11H,4,12H2,1-3H3,(H,20,24). The summed E-state index contributed by atoms with van der Waals surface area (Å²) in [4.78, 5) is 36.2. The Labute approximate surface area is 156 Å². The molecule has 0 radical (unpaired) electrons. The van der Waals surface area contributed by atoms with Crippen LogP contribution in [-0.2, 0) is 11.3 Å². The number of carbonyl (C=O) groups excluding carboxylic acids is 2. The van der Waals surface area contributed by atoms with Crippen LogP contribution in [0.2, 0.25) is 0 Å². The summed E-state index contributed by atoms with van der Waals surface area (Å²) in [6.45, 7) is 4.40. The Kier molecular flexibility index (Phi) is 6.48. The second-order valence-corrected chi connectivity index (χ2v) is 5.83. The van der Waals surface area contributed by atoms with E-state index in [1.165, 1.54) is 32.2 Å². The molecule has 142 valence electrons. The van der Waals surface area contributed by atoms with Gasteiger partial charge in [-0.05, 0) is 30.7 Å². The molecule has 1 N–H and O–H groups in total. The lowest BCUT2D eigenvalue weighted by Gasteiger charge is -2.19. The zero-order chi connectivity index (χ0) is 20.0. The third kappa shape index (κ3) is 5.04. The summed E-state index contributed by atoms with van der Waals surface area (Å²) in [7, 11) is 1.39. The molecule has 2 amide bonds. The van der Waals surface area contributed by atoms with Crippen molar-refractivity contribution >= 4 is 23.2 Å². The van der Waals surface area contributed by atoms with Gasteiger partial charge >= 0.3 is 0 Å². The minimum absolute atomic E-state index is 0.0340. The first kappa shape index (κ1) is 19.9. The van der Waals surface area contributed by atoms with Gasteiger partial charge in [-0.1, -0.05) is 12.1 Å². The minimum atomic E-state index is -0.571. The van der Waals surface area contributed by atoms with E-state index in [1.807, 2.05) is 13.0 Å². The van der Waals surface area contributed by atoms with Crippen molar-refractivity contribution in [2.45, 2.75) is 20.4 Å². The maximum absolute atomic E-state index is 12.6. The number of carbonyl (C=O) groups is 2. The van der Waals surface area contributed by atoms with E-state index in [2.05, 4.69) is 5.32 Å². The number of nitrogens with one attached hydrogen (secondary N) is 1. The average Bonchev–Trinajstić information content (AvgIpc) is 2.65. The van der Waals surface area contributed by atoms with Gasteiger partial charge in [-0.25, -0.2) is 0 Å². The van der Waals surface area contributed by atoms with E-state index >= 15 is 0 Å². The highest BCUT2D eigenvalue weighted by Crippen LogP contribution is 2.25. The monoisotopic (exact) mass is 371 g/mol. The predicted molar refractivity (Wildman–Crippen MR) is 101 cm³/mol. The minimum Gasteiger partial charge on any atom is -0.496 e. The van der Waals surface area contributed by atoms with Gasteiger partial charge in [0.05, 0.1) is 17.6 Å². The molecule has 2 aromatic carbocycles. The molecule has 0 heterocycles. The third-order valence-electron chi connectivity index (χ3n) is 4.02. The van der Waals surface area contributed by atoms with E-state index in [-0.39, 0.29) is 22.9 Å². The van der Waals surface area contributed by atoms with Gasteiger partial charge in [0.25, 0.3) is 11.6 Å². The Morgan fingerprint density at radius 1 is 1.22 bits per heavy atom. The zero-order valence-electron chi connectivity index (χ0n) is 15.4. The van der Waals surface area contributed by atoms with Crippen molar-refractivity contribution in [2.24, 2.45) is 0 Å². The van der Waals surface area contributed by atoms with Crippen LogP contribution < -0.4 is 10.1 Å². The Bertz CT molecular complexity index is 866. The van der Waals surface area contributed by atoms with E-state index in [0.29, 0.717) is 18.8 Å². The van der Waals surface area contributed by atoms with E-state index in [4.69, 9.17) is 4.74 Å². The van der Waals surface area contributed by atoms with Crippen LogP contribution in [0.1, 0.15) is 29.8 Å². The molecule has 0 aliphatic carbocycles. The van der Waals surface area contributed by atoms with Gasteiger partial charge in [0.1, 0.15) is 5.75 Å². The topological polar surface area (TPSA) is 102 Å². The van der Waals surface area contributed by atoms with Crippen LogP contribution >= 0.6 is 0 Å². The number of methoxy groups -OCH3 is 1. The highest BCUT2D eigenvalue weighted by molar-refractivity contribution is 6.06. The number of benzene rings is 2. The van der Waals surface area contributed by atoms with Crippen LogP contribution in [0.25, 0.3) is 0 Å². The van der Waals surface area contributed by atoms with Crippen LogP contribution in [0.4, 0.5) is 11.4 Å². The molecule has 0 unspecified atom stereocenters. The highest BCUT2D eigenvalue weighted by atomic mass is 16.6. The van der Waals surface area contributed by atoms with E-state index in [9.17, 15) is 19.7 Å². The number of nitro benzene ring substituents is 1. The summed E-state index contributed by atoms with van der Waals surface area (Å²) in [5, 5.41) is 13.7. The number of non-ortho nitro benzene ring substituents is 1. The molecule has 27 heavy (non-hydrogen) atoms. The second kappa shape index (κ2) is 8.79. The van der Waals surface area contributed by atoms with Crippen molar-refractivity contribution in [1.29, 1.82) is 0 Å². The van der Waals surface area contributed by atoms with E-state index < -0.39 is 10.8 Å². The maximum Gasteiger partial charge on any atom is 0.270 e. The van der Waals surface area contributed by atoms with Crippen molar-refractivity contribution in [3.63, 3.8) is 0 Å². The smallest absolute Gasteiger partial charge is 0.270 e. The van der Waals surface area contributed by atoms with E-state index in [0.717, 1.165) is 5.56 Å². The lowest BCUT2D eigenvalue weighted by Crippen LogP contribution is -2.27. The lowest BCUT2D eigenvalue weighted by atomic mass is 10.1. The van der Waals surface area contributed by atoms with Crippen molar-refractivity contribution in [3.05, 3.63) is 63.7 Å². The Morgan fingerprint density at radius 3 is 2.56 bits per heavy atom. The molecule has 2 aromatic rings. The summed E-state index contributed by atoms with van der Waals surface area (Å²) in [6, 6.07) is 10.9. The molecule has 0 aliphatic rings. The van der Waals surface area contributed by atoms with Gasteiger partial charge in [-0.2, -0.15) is 0 Å². The number of nitro groups is 1. The van der Waals surface area contributed by atoms with Crippen LogP contribution in [-0.4, -0.2) is 35.3 Å². The molecular formula is C19H21N3O5. The molecule has 0 saturated heterocycles. The number of nitrogens with zero attached hydrogens (tertiary/aromatic N) is 2. The average molecular weight is 371 g/mol. The molecule has 0 aliphatic heterocycles. The van der Waals surface area contributed by atoms with Gasteiger partial charge < -0.3 is 15.0 Å². The molecular weight excluding hydrogens is 350 g/mol. The maximum atomic E-state index is 12.6. The summed E-state index contributed by atoms with van der Waals surface area (Å²) in [5.74, 6) is -0.317. The Morgan fingerprint density at radius 2 is 1.96 bits per heavy atom. The summed E-state index contributed by atoms with van der Waals surface area (Å²) < 4.78 is 5.13. The molecule has 0 aromatic heterocycles. The molecule has 8 heteroatoms. The first-order valence-corrected chi connectivity index (χ1v) is 8.34. The normalized spacial score (nSPS) is 10.2. The van der Waals surface area contributed by atoms with Gasteiger partial charge in [-0.15, -0.1) is 0 Å². The largest absolute Gasteiger partial charge is 0.496 e. The fraction of sp³-hybridized carbons (Fsp3) is 0.263. The molecule has 8 nitrogen and oxygen atoms in total. The quantitative estimate of drug-likeness (QED) is 0.595. The van der Waals surface area contributed by atoms with Crippen LogP contribution in [0.5, 0.6) is 5.75 Å². The zero-order valence-corrected chi connectivity index (χ0v) is 15.4. The van der Waals surface area contributed by atoms with Crippen LogP contribution in [0, 0.1) is 10.1 Å². The summed E-state index contributed by atoms with van der Waals surface area (Å²) in [5.41, 5.74) is 1.24. The summed E-state index contributed by atoms with van der Waals surface area (Å²) >= 11 is 0. The lowest BCUT2D eigenvalue weighted by molar-refractivity contribution is -0.384. The first-order chi connectivity index (χ1) is 12.8. The van der Waals surface area contributed by atoms with Gasteiger partial charge in [0, 0.05) is 37.8 Å². The molecule has 0 saturated carbocycles. The Hall–Kier alpha value is -3.42. The van der Waals surface area contributed by atoms with Crippen molar-refractivity contribution in [2.75, 3.05) is 19.0 Å². The number of rotatable bonds is 7. The molecule has 0 atom stereocenters. The van der Waals surface area contributed by atoms with Crippen LogP contribution in [0.15, 0.2) is 42.5 Å². The fourth-order valence-electron chi connectivity index (χ4n) is 2.60. The number of anilines is 1. The van der Waals surface area contributed by atoms with E-state index in [1.54, 1.807) is 23.1 Å². The van der Waals surface area contributed by atoms with Gasteiger partial charge in [-0.3, -0.25) is 19.7 Å². The highest BCUT2D eigenvalue weighted by Gasteiger charge is 2.18. The molecule has 0 fully saturated rings. The molecule has 2 rings (SSSR count). The number of hydrogen-bond acceptors (Lipinski definition) is 5. The summed E-state index contributed by atoms with van der Waals surface area (Å²) in [6.07, 6.45) is 0. The number of ether oxygens (including phenoxy) is 1. The number of hydrogen-bond donors (Lipinski definition) is 1. The third-order valence-corrected chi connectivity index (χ3v) is 4.02. The first-order valence-electron chi connectivity index (χ1n) is 8.34. The van der Waals surface area contributed by atoms with Crippen molar-refractivity contribution in [3.8, 4) is 5.75 Å². The van der Waals surface area contributed by atoms with Crippen LogP contribution in [0.3, 0.4) is 0 Å². The van der Waals surface area contributed by atoms with Gasteiger partial charge in [0.2, 0.25) is 5.91 Å². The second-order valence-electron chi connectivity index (χ2n) is 5.83. The fourth-order valence-corrected chi connectivity index (χ4v) is 2.60.